The van der Waals surface area contributed by atoms with E-state index in [-0.39, 0.29) is 36.6 Å². The summed E-state index contributed by atoms with van der Waals surface area (Å²) >= 11 is 0. The lowest BCUT2D eigenvalue weighted by Crippen LogP contribution is -2.43. The summed E-state index contributed by atoms with van der Waals surface area (Å²) in [4.78, 5) is 42.3. The molecule has 0 aliphatic carbocycles. The molecule has 2 aliphatic rings. The van der Waals surface area contributed by atoms with Crippen molar-refractivity contribution >= 4 is 17.9 Å². The van der Waals surface area contributed by atoms with E-state index in [0.717, 1.165) is 0 Å². The van der Waals surface area contributed by atoms with Gasteiger partial charge < -0.3 is 14.4 Å². The highest BCUT2D eigenvalue weighted by Crippen LogP contribution is 2.22. The minimum absolute atomic E-state index is 0.00722. The smallest absolute Gasteiger partial charge is 0.410 e. The fourth-order valence-electron chi connectivity index (χ4n) is 2.59. The van der Waals surface area contributed by atoms with Gasteiger partial charge in [-0.15, -0.1) is 5.06 Å². The van der Waals surface area contributed by atoms with Gasteiger partial charge in [0.25, 0.3) is 11.8 Å². The van der Waals surface area contributed by atoms with Gasteiger partial charge in [0.05, 0.1) is 19.3 Å². The Kier molecular flexibility index (Phi) is 6.20. The quantitative estimate of drug-likeness (QED) is 0.419. The molecule has 8 nitrogen and oxygen atoms in total. The van der Waals surface area contributed by atoms with Crippen LogP contribution in [0, 0.1) is 0 Å². The SMILES string of the molecule is C=C1C(=C)C(=O)N(OCCOC2CCN(C(=O)OC(C)(C)C)CC2)C1=O. The first kappa shape index (κ1) is 20.1. The van der Waals surface area contributed by atoms with E-state index >= 15 is 0 Å². The highest BCUT2D eigenvalue weighted by Gasteiger charge is 2.37. The standard InChI is InChI=1S/C18H26N2O6/c1-12-13(2)16(22)20(15(12)21)25-11-10-24-14-6-8-19(9-7-14)17(23)26-18(3,4)5/h14H,1-2,6-11H2,3-5H3. The number of hydrogen-bond donors (Lipinski definition) is 0. The summed E-state index contributed by atoms with van der Waals surface area (Å²) < 4.78 is 11.0. The van der Waals surface area contributed by atoms with Crippen LogP contribution in [0.3, 0.4) is 0 Å². The average molecular weight is 366 g/mol. The number of hydrogen-bond acceptors (Lipinski definition) is 6. The van der Waals surface area contributed by atoms with Crippen molar-refractivity contribution in [1.29, 1.82) is 0 Å². The number of imide groups is 1. The second-order valence-corrected chi connectivity index (χ2v) is 7.23. The molecule has 0 radical (unpaired) electrons. The van der Waals surface area contributed by atoms with Crippen LogP contribution >= 0.6 is 0 Å². The minimum atomic E-state index is -0.592. The van der Waals surface area contributed by atoms with Crippen molar-refractivity contribution in [2.45, 2.75) is 45.3 Å². The fraction of sp³-hybridized carbons (Fsp3) is 0.611. The molecule has 0 bridgehead atoms. The summed E-state index contributed by atoms with van der Waals surface area (Å²) in [5.41, 5.74) is -0.418. The predicted molar refractivity (Wildman–Crippen MR) is 92.9 cm³/mol. The molecule has 144 valence electrons. The molecule has 0 aromatic heterocycles. The molecule has 0 N–H and O–H groups in total. The maximum Gasteiger partial charge on any atom is 0.410 e. The van der Waals surface area contributed by atoms with E-state index in [1.54, 1.807) is 4.90 Å². The lowest BCUT2D eigenvalue weighted by molar-refractivity contribution is -0.189. The van der Waals surface area contributed by atoms with Crippen LogP contribution < -0.4 is 0 Å². The van der Waals surface area contributed by atoms with Gasteiger partial charge in [-0.3, -0.25) is 14.4 Å². The summed E-state index contributed by atoms with van der Waals surface area (Å²) in [5, 5.41) is 0.666. The number of hydroxylamine groups is 2. The summed E-state index contributed by atoms with van der Waals surface area (Å²) in [5.74, 6) is -1.18. The number of carbonyl (C=O) groups is 3. The van der Waals surface area contributed by atoms with E-state index in [4.69, 9.17) is 14.3 Å². The molecular formula is C18H26N2O6. The Bertz CT molecular complexity index is 588. The van der Waals surface area contributed by atoms with Crippen LogP contribution in [0.1, 0.15) is 33.6 Å². The fourth-order valence-corrected chi connectivity index (χ4v) is 2.59. The highest BCUT2D eigenvalue weighted by atomic mass is 16.7. The number of amides is 3. The van der Waals surface area contributed by atoms with Crippen LogP contribution in [0.25, 0.3) is 0 Å². The molecule has 2 aliphatic heterocycles. The highest BCUT2D eigenvalue weighted by molar-refractivity contribution is 6.23. The molecule has 3 amide bonds. The van der Waals surface area contributed by atoms with Crippen LogP contribution in [0.2, 0.25) is 0 Å². The Morgan fingerprint density at radius 1 is 1.08 bits per heavy atom. The largest absolute Gasteiger partial charge is 0.444 e. The molecule has 0 saturated carbocycles. The van der Waals surface area contributed by atoms with Crippen molar-refractivity contribution in [2.24, 2.45) is 0 Å². The first-order chi connectivity index (χ1) is 12.1. The third kappa shape index (κ3) is 4.92. The molecule has 8 heteroatoms. The number of piperidine rings is 1. The number of nitrogens with zero attached hydrogens (tertiary/aromatic N) is 2. The van der Waals surface area contributed by atoms with Crippen molar-refractivity contribution < 1.29 is 28.7 Å². The van der Waals surface area contributed by atoms with Gasteiger partial charge in [-0.25, -0.2) is 4.79 Å². The zero-order valence-corrected chi connectivity index (χ0v) is 15.6. The zero-order chi connectivity index (χ0) is 19.5. The van der Waals surface area contributed by atoms with Crippen LogP contribution in [-0.2, 0) is 23.9 Å². The Hall–Kier alpha value is -2.19. The molecule has 0 spiro atoms. The van der Waals surface area contributed by atoms with Crippen LogP contribution in [-0.4, -0.2) is 65.9 Å². The minimum Gasteiger partial charge on any atom is -0.444 e. The second kappa shape index (κ2) is 8.01. The first-order valence-electron chi connectivity index (χ1n) is 8.59. The molecule has 0 unspecified atom stereocenters. The maximum atomic E-state index is 12.0. The predicted octanol–water partition coefficient (Wildman–Crippen LogP) is 1.82. The van der Waals surface area contributed by atoms with Gasteiger partial charge in [0, 0.05) is 24.2 Å². The molecule has 0 aromatic rings. The number of likely N-dealkylation sites (tertiary alicyclic amines) is 1. The normalized spacial score (nSPS) is 19.5. The average Bonchev–Trinajstić information content (AvgIpc) is 2.75. The van der Waals surface area contributed by atoms with Gasteiger partial charge >= 0.3 is 6.09 Å². The number of ether oxygens (including phenoxy) is 2. The van der Waals surface area contributed by atoms with E-state index in [2.05, 4.69) is 13.2 Å². The molecule has 2 rings (SSSR count). The Morgan fingerprint density at radius 2 is 1.62 bits per heavy atom. The summed E-state index contributed by atoms with van der Waals surface area (Å²) in [6, 6.07) is 0. The molecule has 2 fully saturated rings. The molecule has 0 atom stereocenters. The summed E-state index contributed by atoms with van der Waals surface area (Å²) in [6.07, 6.45) is 1.06. The molecule has 26 heavy (non-hydrogen) atoms. The van der Waals surface area contributed by atoms with Gasteiger partial charge in [0.15, 0.2) is 0 Å². The summed E-state index contributed by atoms with van der Waals surface area (Å²) in [7, 11) is 0. The maximum absolute atomic E-state index is 12.0. The van der Waals surface area contributed by atoms with Crippen molar-refractivity contribution in [3.63, 3.8) is 0 Å². The van der Waals surface area contributed by atoms with E-state index < -0.39 is 17.4 Å². The number of rotatable bonds is 5. The lowest BCUT2D eigenvalue weighted by atomic mass is 10.1. The van der Waals surface area contributed by atoms with E-state index in [0.29, 0.717) is 31.0 Å². The topological polar surface area (TPSA) is 85.4 Å². The third-order valence-electron chi connectivity index (χ3n) is 4.00. The Labute approximate surface area is 153 Å². The van der Waals surface area contributed by atoms with Gasteiger partial charge in [0.1, 0.15) is 5.60 Å². The number of carbonyl (C=O) groups excluding carboxylic acids is 3. The van der Waals surface area contributed by atoms with Crippen molar-refractivity contribution in [2.75, 3.05) is 26.3 Å². The molecule has 2 heterocycles. The summed E-state index contributed by atoms with van der Waals surface area (Å²) in [6.45, 7) is 13.9. The molecule has 2 saturated heterocycles. The van der Waals surface area contributed by atoms with Crippen LogP contribution in [0.15, 0.2) is 24.3 Å². The van der Waals surface area contributed by atoms with Crippen LogP contribution in [0.4, 0.5) is 4.79 Å². The Balaban J connectivity index is 1.66. The van der Waals surface area contributed by atoms with Crippen LogP contribution in [0.5, 0.6) is 0 Å². The monoisotopic (exact) mass is 366 g/mol. The molecule has 0 aromatic carbocycles. The van der Waals surface area contributed by atoms with Gasteiger partial charge in [-0.2, -0.15) is 0 Å². The van der Waals surface area contributed by atoms with E-state index in [1.807, 2.05) is 20.8 Å². The van der Waals surface area contributed by atoms with Gasteiger partial charge in [-0.05, 0) is 33.6 Å². The van der Waals surface area contributed by atoms with Gasteiger partial charge in [-0.1, -0.05) is 13.2 Å². The lowest BCUT2D eigenvalue weighted by Gasteiger charge is -2.33. The Morgan fingerprint density at radius 3 is 2.12 bits per heavy atom. The first-order valence-corrected chi connectivity index (χ1v) is 8.59. The second-order valence-electron chi connectivity index (χ2n) is 7.23. The van der Waals surface area contributed by atoms with E-state index in [9.17, 15) is 14.4 Å². The van der Waals surface area contributed by atoms with Crippen molar-refractivity contribution in [3.8, 4) is 0 Å². The molecular weight excluding hydrogens is 340 g/mol. The van der Waals surface area contributed by atoms with Gasteiger partial charge in [0.2, 0.25) is 0 Å². The van der Waals surface area contributed by atoms with Crippen molar-refractivity contribution in [3.05, 3.63) is 24.3 Å². The third-order valence-corrected chi connectivity index (χ3v) is 4.00. The van der Waals surface area contributed by atoms with E-state index in [1.165, 1.54) is 0 Å². The van der Waals surface area contributed by atoms with Crippen molar-refractivity contribution in [1.82, 2.24) is 9.96 Å². The zero-order valence-electron chi connectivity index (χ0n) is 15.6.